The first-order chi connectivity index (χ1) is 7.40. The van der Waals surface area contributed by atoms with E-state index in [9.17, 15) is 0 Å². The van der Waals surface area contributed by atoms with Crippen LogP contribution in [0.25, 0.3) is 0 Å². The summed E-state index contributed by atoms with van der Waals surface area (Å²) >= 11 is 6.00. The molecule has 0 saturated carbocycles. The molecule has 0 unspecified atom stereocenters. The molecule has 2 aromatic rings. The molecule has 0 spiro atoms. The van der Waals surface area contributed by atoms with Crippen molar-refractivity contribution in [1.29, 1.82) is 0 Å². The van der Waals surface area contributed by atoms with Crippen molar-refractivity contribution in [3.63, 3.8) is 0 Å². The zero-order chi connectivity index (χ0) is 10.5. The molecule has 0 saturated heterocycles. The second-order valence-electron chi connectivity index (χ2n) is 2.40. The predicted octanol–water partition coefficient (Wildman–Crippen LogP) is -0.797. The minimum absolute atomic E-state index is 0.403. The largest absolute Gasteiger partial charge is 0.241 e. The zero-order valence-corrected chi connectivity index (χ0v) is 8.99. The number of thioether (sulfide) groups is 1. The van der Waals surface area contributed by atoms with Crippen LogP contribution in [0.15, 0.2) is 5.16 Å². The molecule has 1 N–H and O–H groups in total. The monoisotopic (exact) mass is 241 g/mol. The first-order valence-corrected chi connectivity index (χ1v) is 5.26. The molecule has 0 aliphatic carbocycles. The molecule has 2 heterocycles. The second-order valence-corrected chi connectivity index (χ2v) is 3.63. The van der Waals surface area contributed by atoms with Crippen LogP contribution in [0.5, 0.6) is 0 Å². The fourth-order valence-corrected chi connectivity index (χ4v) is 1.59. The molecule has 0 aliphatic heterocycles. The van der Waals surface area contributed by atoms with Crippen molar-refractivity contribution >= 4 is 29.3 Å². The topological polar surface area (TPSA) is 98.1 Å². The summed E-state index contributed by atoms with van der Waals surface area (Å²) in [6.45, 7) is 0.403. The van der Waals surface area contributed by atoms with Gasteiger partial charge in [0.2, 0.25) is 5.16 Å². The average Bonchev–Trinajstić information content (AvgIpc) is 2.87. The van der Waals surface area contributed by atoms with Crippen LogP contribution in [0.1, 0.15) is 5.82 Å². The van der Waals surface area contributed by atoms with Crippen LogP contribution in [-0.2, 0) is 6.54 Å². The molecule has 1 radical (unpaired) electrons. The van der Waals surface area contributed by atoms with Gasteiger partial charge in [0.15, 0.2) is 5.82 Å². The number of aromatic nitrogens is 8. The lowest BCUT2D eigenvalue weighted by molar-refractivity contribution is 0.582. The highest BCUT2D eigenvalue weighted by molar-refractivity contribution is 8.00. The molecule has 8 nitrogen and oxygen atoms in total. The number of nitrogens with one attached hydrogen (secondary N) is 1. The van der Waals surface area contributed by atoms with Crippen LogP contribution in [0, 0.1) is 0 Å². The van der Waals surface area contributed by atoms with Crippen molar-refractivity contribution in [2.24, 2.45) is 0 Å². The number of hydrogen-bond acceptors (Lipinski definition) is 8. The fourth-order valence-electron chi connectivity index (χ4n) is 0.881. The van der Waals surface area contributed by atoms with Crippen LogP contribution in [0.3, 0.4) is 0 Å². The first kappa shape index (κ1) is 10.1. The van der Waals surface area contributed by atoms with Gasteiger partial charge in [0.25, 0.3) is 0 Å². The van der Waals surface area contributed by atoms with Crippen molar-refractivity contribution in [1.82, 2.24) is 40.8 Å². The Balaban J connectivity index is 2.07. The maximum Gasteiger partial charge on any atom is 0.210 e. The van der Waals surface area contributed by atoms with Gasteiger partial charge in [-0.15, -0.1) is 10.2 Å². The molecular weight excluding hydrogens is 236 g/mol. The molecule has 15 heavy (non-hydrogen) atoms. The number of hydrogen-bond donors (Lipinski definition) is 1. The standard InChI is InChI=1S/C5H5N8S2/c14-1-2-15-5-8-11-12-13(5)3-4-6-9-10-7-4/h2-3H2,(H,6,7,9,10). The number of nitrogens with zero attached hydrogens (tertiary/aromatic N) is 7. The summed E-state index contributed by atoms with van der Waals surface area (Å²) in [5.74, 6) is 1.15. The van der Waals surface area contributed by atoms with Crippen molar-refractivity contribution < 1.29 is 0 Å². The normalized spacial score (nSPS) is 10.4. The summed E-state index contributed by atoms with van der Waals surface area (Å²) in [4.78, 5) is 0. The van der Waals surface area contributed by atoms with Gasteiger partial charge in [-0.2, -0.15) is 0 Å². The van der Waals surface area contributed by atoms with Gasteiger partial charge in [0.05, 0.1) is 0 Å². The lowest BCUT2D eigenvalue weighted by atomic mass is 10.6. The van der Waals surface area contributed by atoms with Crippen LogP contribution in [-0.4, -0.2) is 52.0 Å². The van der Waals surface area contributed by atoms with Gasteiger partial charge in [0.1, 0.15) is 6.54 Å². The fraction of sp³-hybridized carbons (Fsp3) is 0.400. The summed E-state index contributed by atoms with van der Waals surface area (Å²) in [6.07, 6.45) is 0. The Kier molecular flexibility index (Phi) is 3.29. The highest BCUT2D eigenvalue weighted by Gasteiger charge is 2.08. The van der Waals surface area contributed by atoms with Crippen molar-refractivity contribution in [2.45, 2.75) is 11.7 Å². The van der Waals surface area contributed by atoms with E-state index in [0.29, 0.717) is 23.3 Å². The Labute approximate surface area is 93.8 Å². The summed E-state index contributed by atoms with van der Waals surface area (Å²) in [7, 11) is 0. The van der Waals surface area contributed by atoms with Crippen molar-refractivity contribution in [3.05, 3.63) is 5.82 Å². The lowest BCUT2D eigenvalue weighted by Gasteiger charge is -1.98. The summed E-state index contributed by atoms with van der Waals surface area (Å²) in [5, 5.41) is 27.7. The van der Waals surface area contributed by atoms with Gasteiger partial charge < -0.3 is 0 Å². The van der Waals surface area contributed by atoms with E-state index in [-0.39, 0.29) is 0 Å². The molecular formula is C5H5N8S2. The number of rotatable bonds is 5. The van der Waals surface area contributed by atoms with E-state index >= 15 is 0 Å². The number of thiocarbonyl (C=S) groups is 1. The number of tetrazole rings is 2. The molecule has 0 bridgehead atoms. The van der Waals surface area contributed by atoms with Gasteiger partial charge in [-0.25, -0.2) is 9.78 Å². The van der Waals surface area contributed by atoms with E-state index in [0.717, 1.165) is 0 Å². The second kappa shape index (κ2) is 4.89. The smallest absolute Gasteiger partial charge is 0.210 e. The van der Waals surface area contributed by atoms with Crippen molar-refractivity contribution in [3.8, 4) is 0 Å². The van der Waals surface area contributed by atoms with Crippen LogP contribution in [0.4, 0.5) is 0 Å². The average molecular weight is 241 g/mol. The van der Waals surface area contributed by atoms with Gasteiger partial charge >= 0.3 is 0 Å². The van der Waals surface area contributed by atoms with Crippen LogP contribution >= 0.6 is 24.0 Å². The Morgan fingerprint density at radius 3 is 3.07 bits per heavy atom. The van der Waals surface area contributed by atoms with Gasteiger partial charge in [-0.05, 0) is 20.9 Å². The number of H-pyrrole nitrogens is 1. The van der Waals surface area contributed by atoms with Gasteiger partial charge in [0, 0.05) is 11.1 Å². The summed E-state index contributed by atoms with van der Waals surface area (Å²) in [5.41, 5.74) is 0. The van der Waals surface area contributed by atoms with Gasteiger partial charge in [-0.1, -0.05) is 24.0 Å². The van der Waals surface area contributed by atoms with E-state index in [1.54, 1.807) is 4.68 Å². The van der Waals surface area contributed by atoms with E-state index in [1.807, 2.05) is 0 Å². The van der Waals surface area contributed by atoms with Crippen LogP contribution < -0.4 is 0 Å². The first-order valence-electron chi connectivity index (χ1n) is 3.86. The summed E-state index contributed by atoms with van der Waals surface area (Å²) < 4.78 is 1.58. The molecule has 10 heteroatoms. The zero-order valence-electron chi connectivity index (χ0n) is 7.36. The highest BCUT2D eigenvalue weighted by atomic mass is 32.2. The van der Waals surface area contributed by atoms with E-state index in [4.69, 9.17) is 0 Å². The minimum atomic E-state index is 0.403. The molecule has 77 valence electrons. The predicted molar refractivity (Wildman–Crippen MR) is 54.4 cm³/mol. The van der Waals surface area contributed by atoms with E-state index in [2.05, 4.69) is 53.7 Å². The Morgan fingerprint density at radius 1 is 1.40 bits per heavy atom. The Morgan fingerprint density at radius 2 is 2.33 bits per heavy atom. The van der Waals surface area contributed by atoms with E-state index in [1.165, 1.54) is 11.8 Å². The summed E-state index contributed by atoms with van der Waals surface area (Å²) in [6, 6.07) is 0. The molecule has 0 fully saturated rings. The number of aromatic amines is 1. The Hall–Kier alpha value is -1.42. The van der Waals surface area contributed by atoms with Crippen molar-refractivity contribution in [2.75, 3.05) is 5.75 Å². The third kappa shape index (κ3) is 2.53. The van der Waals surface area contributed by atoms with E-state index < -0.39 is 0 Å². The highest BCUT2D eigenvalue weighted by Crippen LogP contribution is 2.12. The minimum Gasteiger partial charge on any atom is -0.241 e. The maximum absolute atomic E-state index is 4.60. The third-order valence-corrected chi connectivity index (χ3v) is 2.61. The quantitative estimate of drug-likeness (QED) is 0.537. The Bertz CT molecular complexity index is 422. The molecule has 0 aliphatic rings. The van der Waals surface area contributed by atoms with Gasteiger partial charge in [-0.3, -0.25) is 0 Å². The third-order valence-electron chi connectivity index (χ3n) is 1.45. The molecule has 0 atom stereocenters. The molecule has 2 aromatic heterocycles. The SMILES string of the molecule is S=[C]CSc1nnnn1Cc1nnn[nH]1. The molecule has 0 aromatic carbocycles. The maximum atomic E-state index is 4.60. The molecule has 0 amide bonds. The molecule has 2 rings (SSSR count). The lowest BCUT2D eigenvalue weighted by Crippen LogP contribution is -2.05. The van der Waals surface area contributed by atoms with Crippen LogP contribution in [0.2, 0.25) is 0 Å².